The zero-order chi connectivity index (χ0) is 31.3. The molecule has 0 aliphatic heterocycles. The van der Waals surface area contributed by atoms with Gasteiger partial charge in [-0.15, -0.1) is 0 Å². The van der Waals surface area contributed by atoms with Crippen molar-refractivity contribution in [3.05, 3.63) is 126 Å². The first-order chi connectivity index (χ1) is 21.1. The van der Waals surface area contributed by atoms with Crippen LogP contribution < -0.4 is 4.74 Å². The fraction of sp³-hybridized carbons (Fsp3) is 0.237. The van der Waals surface area contributed by atoms with E-state index in [4.69, 9.17) is 4.74 Å². The van der Waals surface area contributed by atoms with Crippen LogP contribution in [0, 0.1) is 0 Å². The summed E-state index contributed by atoms with van der Waals surface area (Å²) < 4.78 is 6.10. The molecule has 1 atom stereocenters. The highest BCUT2D eigenvalue weighted by Crippen LogP contribution is 2.31. The number of rotatable bonds is 10. The topological polar surface area (TPSA) is 79.7 Å². The van der Waals surface area contributed by atoms with Gasteiger partial charge in [-0.25, -0.2) is 0 Å². The lowest BCUT2D eigenvalue weighted by molar-refractivity contribution is -0.138. The van der Waals surface area contributed by atoms with Crippen LogP contribution in [0.25, 0.3) is 21.9 Å². The zero-order valence-corrected chi connectivity index (χ0v) is 25.7. The highest BCUT2D eigenvalue weighted by molar-refractivity contribution is 5.97. The van der Waals surface area contributed by atoms with Gasteiger partial charge in [0.25, 0.3) is 5.91 Å². The molecule has 44 heavy (non-hydrogen) atoms. The maximum Gasteiger partial charge on any atom is 0.305 e. The first-order valence-corrected chi connectivity index (χ1v) is 15.0. The third-order valence-corrected chi connectivity index (χ3v) is 7.74. The zero-order valence-electron chi connectivity index (χ0n) is 25.7. The van der Waals surface area contributed by atoms with Crippen LogP contribution in [0.3, 0.4) is 0 Å². The van der Waals surface area contributed by atoms with E-state index in [1.165, 1.54) is 5.56 Å². The summed E-state index contributed by atoms with van der Waals surface area (Å²) >= 11 is 0. The van der Waals surface area contributed by atoms with Crippen molar-refractivity contribution in [1.29, 1.82) is 0 Å². The monoisotopic (exact) mass is 586 g/mol. The van der Waals surface area contributed by atoms with Crippen molar-refractivity contribution in [2.24, 2.45) is 0 Å². The number of ether oxygens (including phenoxy) is 1. The van der Waals surface area contributed by atoms with Crippen LogP contribution in [0.15, 0.2) is 109 Å². The van der Waals surface area contributed by atoms with Gasteiger partial charge in [0.1, 0.15) is 17.2 Å². The number of hydrogen-bond acceptors (Lipinski definition) is 4. The number of aliphatic carboxylic acids is 1. The third kappa shape index (κ3) is 7.14. The first kappa shape index (κ1) is 30.5. The van der Waals surface area contributed by atoms with Crippen LogP contribution >= 0.6 is 0 Å². The van der Waals surface area contributed by atoms with Gasteiger partial charge in [0.05, 0.1) is 12.5 Å². The smallest absolute Gasteiger partial charge is 0.305 e. The predicted octanol–water partition coefficient (Wildman–Crippen LogP) is 9.06. The van der Waals surface area contributed by atoms with Crippen molar-refractivity contribution in [2.75, 3.05) is 6.54 Å². The Morgan fingerprint density at radius 3 is 2.11 bits per heavy atom. The molecule has 1 heterocycles. The summed E-state index contributed by atoms with van der Waals surface area (Å²) in [6.45, 7) is 8.90. The van der Waals surface area contributed by atoms with Crippen molar-refractivity contribution < 1.29 is 19.4 Å². The molecule has 6 nitrogen and oxygen atoms in total. The second-order valence-electron chi connectivity index (χ2n) is 12.1. The quantitative estimate of drug-likeness (QED) is 0.177. The summed E-state index contributed by atoms with van der Waals surface area (Å²) in [7, 11) is 0. The van der Waals surface area contributed by atoms with Gasteiger partial charge in [-0.1, -0.05) is 100 Å². The SMILES string of the molecule is CCCN(C(=O)c1cc2ccc(Oc3ccc(C(C)(C)C)cc3)cc2cn1)C(CC(=O)O)c1ccc(-c2ccccc2)cc1. The van der Waals surface area contributed by atoms with Crippen LogP contribution in [-0.4, -0.2) is 33.4 Å². The van der Waals surface area contributed by atoms with Crippen LogP contribution in [0.4, 0.5) is 0 Å². The summed E-state index contributed by atoms with van der Waals surface area (Å²) in [5.74, 6) is 0.151. The molecule has 5 rings (SSSR count). The van der Waals surface area contributed by atoms with Crippen molar-refractivity contribution >= 4 is 22.6 Å². The molecule has 1 amide bonds. The number of fused-ring (bicyclic) bond motifs is 1. The summed E-state index contributed by atoms with van der Waals surface area (Å²) in [6, 6.07) is 32.7. The largest absolute Gasteiger partial charge is 0.481 e. The Bertz CT molecular complexity index is 1740. The minimum absolute atomic E-state index is 0.0651. The molecule has 0 spiro atoms. The molecule has 4 aromatic carbocycles. The number of nitrogens with zero attached hydrogens (tertiary/aromatic N) is 2. The number of pyridine rings is 1. The Morgan fingerprint density at radius 2 is 1.48 bits per heavy atom. The summed E-state index contributed by atoms with van der Waals surface area (Å²) in [4.78, 5) is 32.0. The summed E-state index contributed by atoms with van der Waals surface area (Å²) in [5.41, 5.74) is 4.44. The Hall–Kier alpha value is -4.97. The Morgan fingerprint density at radius 1 is 0.818 bits per heavy atom. The first-order valence-electron chi connectivity index (χ1n) is 15.0. The number of carboxylic acid groups (broad SMARTS) is 1. The molecule has 0 saturated heterocycles. The molecule has 5 aromatic rings. The number of hydrogen-bond donors (Lipinski definition) is 1. The second kappa shape index (κ2) is 13.1. The van der Waals surface area contributed by atoms with Crippen molar-refractivity contribution in [3.8, 4) is 22.6 Å². The Labute approximate surface area is 259 Å². The molecule has 0 fully saturated rings. The van der Waals surface area contributed by atoms with E-state index >= 15 is 0 Å². The van der Waals surface area contributed by atoms with E-state index in [-0.39, 0.29) is 23.4 Å². The van der Waals surface area contributed by atoms with Gasteiger partial charge < -0.3 is 14.7 Å². The maximum atomic E-state index is 13.9. The van der Waals surface area contributed by atoms with E-state index in [1.54, 1.807) is 17.2 Å². The van der Waals surface area contributed by atoms with Gasteiger partial charge >= 0.3 is 5.97 Å². The fourth-order valence-corrected chi connectivity index (χ4v) is 5.35. The van der Waals surface area contributed by atoms with Gasteiger partial charge in [-0.2, -0.15) is 0 Å². The molecule has 224 valence electrons. The van der Waals surface area contributed by atoms with E-state index in [9.17, 15) is 14.7 Å². The average Bonchev–Trinajstić information content (AvgIpc) is 3.02. The molecule has 1 unspecified atom stereocenters. The normalized spacial score (nSPS) is 12.1. The fourth-order valence-electron chi connectivity index (χ4n) is 5.35. The molecule has 0 aliphatic carbocycles. The third-order valence-electron chi connectivity index (χ3n) is 7.74. The summed E-state index contributed by atoms with van der Waals surface area (Å²) in [5, 5.41) is 11.5. The molecular formula is C38H38N2O4. The number of carbonyl (C=O) groups excluding carboxylic acids is 1. The number of carbonyl (C=O) groups is 2. The lowest BCUT2D eigenvalue weighted by Gasteiger charge is -2.31. The van der Waals surface area contributed by atoms with Crippen LogP contribution in [0.2, 0.25) is 0 Å². The van der Waals surface area contributed by atoms with E-state index in [1.807, 2.05) is 91.9 Å². The molecule has 1 aromatic heterocycles. The minimum Gasteiger partial charge on any atom is -0.481 e. The Kier molecular flexibility index (Phi) is 9.09. The highest BCUT2D eigenvalue weighted by Gasteiger charge is 2.28. The van der Waals surface area contributed by atoms with Crippen LogP contribution in [0.5, 0.6) is 11.5 Å². The number of aromatic nitrogens is 1. The lowest BCUT2D eigenvalue weighted by Crippen LogP contribution is -2.37. The van der Waals surface area contributed by atoms with Gasteiger partial charge in [0.2, 0.25) is 0 Å². The molecule has 0 saturated carbocycles. The van der Waals surface area contributed by atoms with E-state index in [0.717, 1.165) is 33.2 Å². The van der Waals surface area contributed by atoms with Crippen molar-refractivity contribution in [2.45, 2.75) is 52.0 Å². The Balaban J connectivity index is 1.39. The maximum absolute atomic E-state index is 13.9. The molecule has 1 N–H and O–H groups in total. The number of benzene rings is 4. The minimum atomic E-state index is -0.969. The van der Waals surface area contributed by atoms with E-state index in [0.29, 0.717) is 18.7 Å². The number of amides is 1. The van der Waals surface area contributed by atoms with E-state index < -0.39 is 12.0 Å². The molecule has 0 radical (unpaired) electrons. The molecular weight excluding hydrogens is 548 g/mol. The van der Waals surface area contributed by atoms with Gasteiger partial charge in [0, 0.05) is 18.1 Å². The standard InChI is InChI=1S/C38H38N2O4/c1-5-21-40(35(24-36(41)42)28-13-11-27(12-14-28)26-9-7-6-8-10-26)37(43)34-23-29-15-18-33(22-30(29)25-39-34)44-32-19-16-31(17-20-32)38(2,3)4/h6-20,22-23,25,35H,5,21,24H2,1-4H3,(H,41,42). The molecule has 6 heteroatoms. The molecule has 0 bridgehead atoms. The molecule has 0 aliphatic rings. The lowest BCUT2D eigenvalue weighted by atomic mass is 9.87. The average molecular weight is 587 g/mol. The van der Waals surface area contributed by atoms with Crippen LogP contribution in [-0.2, 0) is 10.2 Å². The van der Waals surface area contributed by atoms with Crippen LogP contribution in [0.1, 0.15) is 68.2 Å². The number of carboxylic acids is 1. The van der Waals surface area contributed by atoms with E-state index in [2.05, 4.69) is 37.9 Å². The van der Waals surface area contributed by atoms with Gasteiger partial charge in [-0.3, -0.25) is 14.6 Å². The predicted molar refractivity (Wildman–Crippen MR) is 175 cm³/mol. The van der Waals surface area contributed by atoms with Crippen molar-refractivity contribution in [3.63, 3.8) is 0 Å². The highest BCUT2D eigenvalue weighted by atomic mass is 16.5. The van der Waals surface area contributed by atoms with Gasteiger partial charge in [0.15, 0.2) is 0 Å². The van der Waals surface area contributed by atoms with Crippen molar-refractivity contribution in [1.82, 2.24) is 9.88 Å². The van der Waals surface area contributed by atoms with Gasteiger partial charge in [-0.05, 0) is 69.8 Å². The summed E-state index contributed by atoms with van der Waals surface area (Å²) in [6.07, 6.45) is 2.14. The second-order valence-corrected chi connectivity index (χ2v) is 12.1.